The quantitative estimate of drug-likeness (QED) is 0.726. The van der Waals surface area contributed by atoms with E-state index in [4.69, 9.17) is 32.7 Å². The third-order valence-electron chi connectivity index (χ3n) is 3.65. The van der Waals surface area contributed by atoms with Crippen molar-refractivity contribution in [3.8, 4) is 5.75 Å². The Labute approximate surface area is 162 Å². The van der Waals surface area contributed by atoms with E-state index >= 15 is 0 Å². The Hall–Kier alpha value is -2.24. The lowest BCUT2D eigenvalue weighted by Gasteiger charge is -2.20. The lowest BCUT2D eigenvalue weighted by Crippen LogP contribution is -2.47. The summed E-state index contributed by atoms with van der Waals surface area (Å²) in [6.45, 7) is 1.57. The van der Waals surface area contributed by atoms with Gasteiger partial charge in [0.05, 0.1) is 12.1 Å². The van der Waals surface area contributed by atoms with E-state index in [9.17, 15) is 9.59 Å². The molecule has 0 saturated heterocycles. The molecule has 1 amide bonds. The minimum Gasteiger partial charge on any atom is -0.479 e. The van der Waals surface area contributed by atoms with Gasteiger partial charge in [0, 0.05) is 11.4 Å². The van der Waals surface area contributed by atoms with Crippen LogP contribution >= 0.6 is 23.2 Å². The molecule has 2 rings (SSSR count). The predicted molar refractivity (Wildman–Crippen MR) is 101 cm³/mol. The fraction of sp³-hybridized carbons (Fsp3) is 0.263. The van der Waals surface area contributed by atoms with Crippen molar-refractivity contribution in [3.05, 3.63) is 64.1 Å². The average molecular weight is 396 g/mol. The average Bonchev–Trinajstić information content (AvgIpc) is 2.63. The van der Waals surface area contributed by atoms with Crippen molar-refractivity contribution >= 4 is 35.1 Å². The zero-order valence-corrected chi connectivity index (χ0v) is 15.9. The van der Waals surface area contributed by atoms with Crippen LogP contribution in [0.3, 0.4) is 0 Å². The predicted octanol–water partition coefficient (Wildman–Crippen LogP) is 3.66. The molecule has 0 radical (unpaired) electrons. The van der Waals surface area contributed by atoms with Gasteiger partial charge in [-0.25, -0.2) is 4.79 Å². The third kappa shape index (κ3) is 5.64. The molecule has 0 unspecified atom stereocenters. The van der Waals surface area contributed by atoms with Gasteiger partial charge in [-0.1, -0.05) is 53.5 Å². The number of amides is 1. The minimum atomic E-state index is -0.864. The number of halogens is 2. The molecule has 2 atom stereocenters. The van der Waals surface area contributed by atoms with Crippen LogP contribution in [-0.2, 0) is 20.7 Å². The van der Waals surface area contributed by atoms with Crippen molar-refractivity contribution in [2.45, 2.75) is 25.5 Å². The Morgan fingerprint density at radius 3 is 2.42 bits per heavy atom. The summed E-state index contributed by atoms with van der Waals surface area (Å²) in [5, 5.41) is 3.42. The number of methoxy groups -OCH3 is 1. The highest BCUT2D eigenvalue weighted by molar-refractivity contribution is 6.35. The number of rotatable bonds is 7. The van der Waals surface area contributed by atoms with Crippen LogP contribution in [0.15, 0.2) is 48.5 Å². The summed E-state index contributed by atoms with van der Waals surface area (Å²) >= 11 is 11.9. The van der Waals surface area contributed by atoms with Gasteiger partial charge in [-0.15, -0.1) is 0 Å². The molecular formula is C19H19Cl2NO4. The Bertz CT molecular complexity index is 767. The van der Waals surface area contributed by atoms with Crippen LogP contribution in [0, 0.1) is 0 Å². The molecule has 2 aromatic carbocycles. The fourth-order valence-corrected chi connectivity index (χ4v) is 2.74. The second kappa shape index (κ2) is 9.46. The lowest BCUT2D eigenvalue weighted by molar-refractivity contribution is -0.145. The monoisotopic (exact) mass is 395 g/mol. The highest BCUT2D eigenvalue weighted by Gasteiger charge is 2.25. The molecule has 0 aliphatic carbocycles. The molecule has 0 aliphatic heterocycles. The van der Waals surface area contributed by atoms with Crippen molar-refractivity contribution < 1.29 is 19.1 Å². The Morgan fingerprint density at radius 1 is 1.12 bits per heavy atom. The SMILES string of the molecule is COC(=O)[C@H](Cc1ccccc1)NC(=O)[C@@H](C)Oc1ccc(Cl)cc1Cl. The molecule has 0 spiro atoms. The first kappa shape index (κ1) is 20.1. The van der Waals surface area contributed by atoms with Crippen LogP contribution in [0.2, 0.25) is 10.0 Å². The maximum atomic E-state index is 12.4. The second-order valence-electron chi connectivity index (χ2n) is 5.61. The normalized spacial score (nSPS) is 12.8. The highest BCUT2D eigenvalue weighted by Crippen LogP contribution is 2.28. The summed E-state index contributed by atoms with van der Waals surface area (Å²) in [5.74, 6) is -0.655. The highest BCUT2D eigenvalue weighted by atomic mass is 35.5. The van der Waals surface area contributed by atoms with E-state index in [1.807, 2.05) is 30.3 Å². The summed E-state index contributed by atoms with van der Waals surface area (Å²) in [6, 6.07) is 13.2. The molecule has 26 heavy (non-hydrogen) atoms. The minimum absolute atomic E-state index is 0.297. The number of carbonyl (C=O) groups excluding carboxylic acids is 2. The van der Waals surface area contributed by atoms with Crippen molar-refractivity contribution in [3.63, 3.8) is 0 Å². The molecular weight excluding hydrogens is 377 g/mol. The van der Waals surface area contributed by atoms with E-state index in [0.717, 1.165) is 5.56 Å². The molecule has 0 bridgehead atoms. The van der Waals surface area contributed by atoms with Crippen LogP contribution in [0.5, 0.6) is 5.75 Å². The zero-order valence-electron chi connectivity index (χ0n) is 14.4. The number of carbonyl (C=O) groups is 2. The van der Waals surface area contributed by atoms with Crippen LogP contribution in [0.4, 0.5) is 0 Å². The van der Waals surface area contributed by atoms with E-state index in [2.05, 4.69) is 5.32 Å². The Morgan fingerprint density at radius 2 is 1.81 bits per heavy atom. The molecule has 0 aliphatic rings. The standard InChI is InChI=1S/C19H19Cl2NO4/c1-12(26-17-9-8-14(20)11-15(17)21)18(23)22-16(19(24)25-2)10-13-6-4-3-5-7-13/h3-9,11-12,16H,10H2,1-2H3,(H,22,23)/t12-,16+/m1/s1. The molecule has 0 fully saturated rings. The van der Waals surface area contributed by atoms with Crippen LogP contribution < -0.4 is 10.1 Å². The zero-order chi connectivity index (χ0) is 19.1. The maximum Gasteiger partial charge on any atom is 0.328 e. The second-order valence-corrected chi connectivity index (χ2v) is 6.45. The first-order chi connectivity index (χ1) is 12.4. The van der Waals surface area contributed by atoms with Gasteiger partial charge in [0.15, 0.2) is 6.10 Å². The third-order valence-corrected chi connectivity index (χ3v) is 4.18. The molecule has 0 saturated carbocycles. The first-order valence-corrected chi connectivity index (χ1v) is 8.70. The van der Waals surface area contributed by atoms with Gasteiger partial charge < -0.3 is 14.8 Å². The van der Waals surface area contributed by atoms with E-state index in [1.54, 1.807) is 19.1 Å². The van der Waals surface area contributed by atoms with Crippen molar-refractivity contribution in [2.24, 2.45) is 0 Å². The molecule has 7 heteroatoms. The fourth-order valence-electron chi connectivity index (χ4n) is 2.29. The van der Waals surface area contributed by atoms with E-state index in [-0.39, 0.29) is 0 Å². The van der Waals surface area contributed by atoms with Crippen molar-refractivity contribution in [1.29, 1.82) is 0 Å². The Kier molecular flexibility index (Phi) is 7.30. The number of hydrogen-bond acceptors (Lipinski definition) is 4. The molecule has 0 heterocycles. The van der Waals surface area contributed by atoms with Gasteiger partial charge >= 0.3 is 5.97 Å². The van der Waals surface area contributed by atoms with Gasteiger partial charge in [-0.2, -0.15) is 0 Å². The number of esters is 1. The van der Waals surface area contributed by atoms with Gasteiger partial charge in [-0.3, -0.25) is 4.79 Å². The van der Waals surface area contributed by atoms with Gasteiger partial charge in [0.25, 0.3) is 5.91 Å². The van der Waals surface area contributed by atoms with E-state index in [1.165, 1.54) is 13.2 Å². The van der Waals surface area contributed by atoms with Crippen LogP contribution in [-0.4, -0.2) is 31.1 Å². The summed E-state index contributed by atoms with van der Waals surface area (Å²) in [4.78, 5) is 24.4. The van der Waals surface area contributed by atoms with Gasteiger partial charge in [0.2, 0.25) is 0 Å². The number of benzene rings is 2. The summed E-state index contributed by atoms with van der Waals surface area (Å²) in [7, 11) is 1.28. The number of nitrogens with one attached hydrogen (secondary N) is 1. The topological polar surface area (TPSA) is 64.6 Å². The van der Waals surface area contributed by atoms with E-state index < -0.39 is 24.0 Å². The Balaban J connectivity index is 2.04. The first-order valence-electron chi connectivity index (χ1n) is 7.94. The van der Waals surface area contributed by atoms with Gasteiger partial charge in [0.1, 0.15) is 11.8 Å². The van der Waals surface area contributed by atoms with Crippen molar-refractivity contribution in [1.82, 2.24) is 5.32 Å². The summed E-state index contributed by atoms with van der Waals surface area (Å²) < 4.78 is 10.4. The largest absolute Gasteiger partial charge is 0.479 e. The number of hydrogen-bond donors (Lipinski definition) is 1. The molecule has 0 aromatic heterocycles. The molecule has 138 valence electrons. The lowest BCUT2D eigenvalue weighted by atomic mass is 10.1. The van der Waals surface area contributed by atoms with Gasteiger partial charge in [-0.05, 0) is 30.7 Å². The molecule has 1 N–H and O–H groups in total. The maximum absolute atomic E-state index is 12.4. The number of ether oxygens (including phenoxy) is 2. The smallest absolute Gasteiger partial charge is 0.328 e. The van der Waals surface area contributed by atoms with Crippen LogP contribution in [0.1, 0.15) is 12.5 Å². The van der Waals surface area contributed by atoms with E-state index in [0.29, 0.717) is 22.2 Å². The van der Waals surface area contributed by atoms with Crippen LogP contribution in [0.25, 0.3) is 0 Å². The molecule has 2 aromatic rings. The summed E-state index contributed by atoms with van der Waals surface area (Å²) in [6.07, 6.45) is -0.551. The van der Waals surface area contributed by atoms with Crippen molar-refractivity contribution in [2.75, 3.05) is 7.11 Å². The molecule has 5 nitrogen and oxygen atoms in total. The summed E-state index contributed by atoms with van der Waals surface area (Å²) in [5.41, 5.74) is 0.900.